The minimum Gasteiger partial charge on any atom is -0.490 e. The summed E-state index contributed by atoms with van der Waals surface area (Å²) >= 11 is 0. The first-order chi connectivity index (χ1) is 10.3. The second-order valence-electron chi connectivity index (χ2n) is 4.60. The number of anilines is 2. The van der Waals surface area contributed by atoms with Crippen molar-refractivity contribution in [2.75, 3.05) is 30.4 Å². The number of ether oxygens (including phenoxy) is 2. The molecular weight excluding hydrogens is 268 g/mol. The molecule has 4 rings (SSSR count). The number of carbonyl (C=O) groups is 1. The first-order valence-corrected chi connectivity index (χ1v) is 6.80. The van der Waals surface area contributed by atoms with Crippen molar-refractivity contribution >= 4 is 17.3 Å². The summed E-state index contributed by atoms with van der Waals surface area (Å²) in [6.45, 7) is 1.81. The number of benzene rings is 2. The zero-order chi connectivity index (χ0) is 14.5. The molecule has 2 aromatic carbocycles. The van der Waals surface area contributed by atoms with Gasteiger partial charge in [-0.2, -0.15) is 0 Å². The molecule has 21 heavy (non-hydrogen) atoms. The average molecular weight is 284 g/mol. The van der Waals surface area contributed by atoms with Gasteiger partial charge in [-0.05, 0) is 24.3 Å². The molecule has 0 spiro atoms. The van der Waals surface area contributed by atoms with Gasteiger partial charge in [0.25, 0.3) is 5.91 Å². The van der Waals surface area contributed by atoms with Crippen LogP contribution in [0.1, 0.15) is 0 Å². The molecule has 0 aliphatic carbocycles. The fourth-order valence-corrected chi connectivity index (χ4v) is 2.11. The van der Waals surface area contributed by atoms with E-state index in [0.717, 1.165) is 36.0 Å². The Hall–Kier alpha value is -2.69. The topological polar surface area (TPSA) is 59.6 Å². The van der Waals surface area contributed by atoms with Gasteiger partial charge in [-0.15, -0.1) is 0 Å². The van der Waals surface area contributed by atoms with E-state index in [1.54, 1.807) is 0 Å². The lowest BCUT2D eigenvalue weighted by atomic mass is 10.2. The molecular formula is C16H16N2O3. The molecule has 2 aromatic rings. The van der Waals surface area contributed by atoms with Crippen LogP contribution in [0, 0.1) is 0 Å². The third-order valence-electron chi connectivity index (χ3n) is 3.08. The number of amides is 1. The second kappa shape index (κ2) is 6.17. The molecule has 0 aromatic heterocycles. The smallest absolute Gasteiger partial charge is 0.262 e. The highest BCUT2D eigenvalue weighted by Gasteiger charge is 2.13. The van der Waals surface area contributed by atoms with Crippen LogP contribution in [0.4, 0.5) is 11.4 Å². The molecule has 0 fully saturated rings. The summed E-state index contributed by atoms with van der Waals surface area (Å²) < 4.78 is 10.5. The maximum absolute atomic E-state index is 10.8. The van der Waals surface area contributed by atoms with Crippen molar-refractivity contribution in [1.29, 1.82) is 0 Å². The predicted molar refractivity (Wildman–Crippen MR) is 81.0 cm³/mol. The molecule has 2 aliphatic heterocycles. The molecule has 1 amide bonds. The van der Waals surface area contributed by atoms with Crippen LogP contribution in [-0.2, 0) is 4.79 Å². The maximum Gasteiger partial charge on any atom is 0.262 e. The van der Waals surface area contributed by atoms with Crippen molar-refractivity contribution in [3.63, 3.8) is 0 Å². The molecule has 0 saturated heterocycles. The number of nitrogens with one attached hydrogen (secondary N) is 2. The summed E-state index contributed by atoms with van der Waals surface area (Å²) in [5, 5.41) is 5.93. The van der Waals surface area contributed by atoms with E-state index in [9.17, 15) is 4.79 Å². The van der Waals surface area contributed by atoms with Crippen molar-refractivity contribution in [2.24, 2.45) is 0 Å². The Kier molecular flexibility index (Phi) is 3.91. The van der Waals surface area contributed by atoms with Crippen LogP contribution >= 0.6 is 0 Å². The van der Waals surface area contributed by atoms with Crippen molar-refractivity contribution < 1.29 is 14.3 Å². The van der Waals surface area contributed by atoms with Crippen LogP contribution in [-0.4, -0.2) is 25.7 Å². The largest absolute Gasteiger partial charge is 0.490 e. The second-order valence-corrected chi connectivity index (χ2v) is 4.60. The van der Waals surface area contributed by atoms with E-state index < -0.39 is 0 Å². The van der Waals surface area contributed by atoms with E-state index in [1.807, 2.05) is 48.5 Å². The Balaban J connectivity index is 0.000000126. The van der Waals surface area contributed by atoms with Gasteiger partial charge in [0, 0.05) is 6.54 Å². The SMILES string of the molecule is O=C1COc2ccccc2N1.c1ccc2c(c1)NCCO2. The minimum atomic E-state index is -0.0938. The summed E-state index contributed by atoms with van der Waals surface area (Å²) in [5.74, 6) is 1.62. The Morgan fingerprint density at radius 3 is 2.29 bits per heavy atom. The number of rotatable bonds is 0. The average Bonchev–Trinajstić information content (AvgIpc) is 2.55. The van der Waals surface area contributed by atoms with Gasteiger partial charge in [-0.25, -0.2) is 0 Å². The molecule has 5 nitrogen and oxygen atoms in total. The van der Waals surface area contributed by atoms with E-state index in [2.05, 4.69) is 10.6 Å². The lowest BCUT2D eigenvalue weighted by Crippen LogP contribution is -2.25. The van der Waals surface area contributed by atoms with Crippen molar-refractivity contribution in [1.82, 2.24) is 0 Å². The van der Waals surface area contributed by atoms with Gasteiger partial charge in [0.05, 0.1) is 11.4 Å². The van der Waals surface area contributed by atoms with Crippen LogP contribution in [0.25, 0.3) is 0 Å². The standard InChI is InChI=1S/C8H7NO2.C8H9NO/c10-8-5-11-7-4-2-1-3-6(7)9-8;1-2-4-8-7(3-1)9-5-6-10-8/h1-4H,5H2,(H,9,10);1-4,9H,5-6H2. The van der Waals surface area contributed by atoms with E-state index >= 15 is 0 Å². The monoisotopic (exact) mass is 284 g/mol. The van der Waals surface area contributed by atoms with Gasteiger partial charge in [0.2, 0.25) is 0 Å². The summed E-state index contributed by atoms with van der Waals surface area (Å²) in [5.41, 5.74) is 1.86. The molecule has 0 saturated carbocycles. The lowest BCUT2D eigenvalue weighted by Gasteiger charge is -2.17. The molecule has 108 valence electrons. The summed E-state index contributed by atoms with van der Waals surface area (Å²) in [4.78, 5) is 10.8. The number of carbonyl (C=O) groups excluding carboxylic acids is 1. The third-order valence-corrected chi connectivity index (χ3v) is 3.08. The van der Waals surface area contributed by atoms with Crippen LogP contribution in [0.2, 0.25) is 0 Å². The molecule has 2 aliphatic rings. The molecule has 0 unspecified atom stereocenters. The highest BCUT2D eigenvalue weighted by atomic mass is 16.5. The summed E-state index contributed by atoms with van der Waals surface area (Å²) in [6, 6.07) is 15.3. The molecule has 0 atom stereocenters. The highest BCUT2D eigenvalue weighted by molar-refractivity contribution is 5.95. The molecule has 0 bridgehead atoms. The summed E-state index contributed by atoms with van der Waals surface area (Å²) in [6.07, 6.45) is 0. The summed E-state index contributed by atoms with van der Waals surface area (Å²) in [7, 11) is 0. The molecule has 2 heterocycles. The van der Waals surface area contributed by atoms with Gasteiger partial charge < -0.3 is 20.1 Å². The van der Waals surface area contributed by atoms with Crippen molar-refractivity contribution in [3.8, 4) is 11.5 Å². The van der Waals surface area contributed by atoms with Crippen LogP contribution in [0.15, 0.2) is 48.5 Å². The first-order valence-electron chi connectivity index (χ1n) is 6.80. The Morgan fingerprint density at radius 2 is 1.52 bits per heavy atom. The van der Waals surface area contributed by atoms with E-state index in [1.165, 1.54) is 0 Å². The first kappa shape index (κ1) is 13.3. The highest BCUT2D eigenvalue weighted by Crippen LogP contribution is 2.26. The van der Waals surface area contributed by atoms with E-state index in [4.69, 9.17) is 9.47 Å². The normalized spacial score (nSPS) is 14.8. The quantitative estimate of drug-likeness (QED) is 0.780. The third kappa shape index (κ3) is 3.25. The maximum atomic E-state index is 10.8. The van der Waals surface area contributed by atoms with Crippen LogP contribution in [0.5, 0.6) is 11.5 Å². The Bertz CT molecular complexity index is 618. The van der Waals surface area contributed by atoms with Crippen molar-refractivity contribution in [3.05, 3.63) is 48.5 Å². The van der Waals surface area contributed by atoms with E-state index in [-0.39, 0.29) is 12.5 Å². The number of hydrogen-bond donors (Lipinski definition) is 2. The fraction of sp³-hybridized carbons (Fsp3) is 0.188. The van der Waals surface area contributed by atoms with Crippen LogP contribution < -0.4 is 20.1 Å². The zero-order valence-corrected chi connectivity index (χ0v) is 11.5. The van der Waals surface area contributed by atoms with Gasteiger partial charge in [0.1, 0.15) is 18.1 Å². The zero-order valence-electron chi connectivity index (χ0n) is 11.5. The minimum absolute atomic E-state index is 0.0938. The fourth-order valence-electron chi connectivity index (χ4n) is 2.11. The number of hydrogen-bond acceptors (Lipinski definition) is 4. The van der Waals surface area contributed by atoms with Crippen LogP contribution in [0.3, 0.4) is 0 Å². The van der Waals surface area contributed by atoms with Gasteiger partial charge in [-0.3, -0.25) is 4.79 Å². The van der Waals surface area contributed by atoms with Gasteiger partial charge >= 0.3 is 0 Å². The molecule has 2 N–H and O–H groups in total. The number of fused-ring (bicyclic) bond motifs is 2. The molecule has 5 heteroatoms. The lowest BCUT2D eigenvalue weighted by molar-refractivity contribution is -0.118. The van der Waals surface area contributed by atoms with Crippen molar-refractivity contribution in [2.45, 2.75) is 0 Å². The Labute approximate surface area is 122 Å². The predicted octanol–water partition coefficient (Wildman–Crippen LogP) is 2.51. The van der Waals surface area contributed by atoms with Gasteiger partial charge in [0.15, 0.2) is 6.61 Å². The van der Waals surface area contributed by atoms with E-state index in [0.29, 0.717) is 0 Å². The molecule has 0 radical (unpaired) electrons. The number of para-hydroxylation sites is 4. The Morgan fingerprint density at radius 1 is 0.857 bits per heavy atom. The van der Waals surface area contributed by atoms with Gasteiger partial charge in [-0.1, -0.05) is 24.3 Å².